The van der Waals surface area contributed by atoms with E-state index >= 15 is 8.78 Å². The van der Waals surface area contributed by atoms with E-state index in [-0.39, 0.29) is 81.7 Å². The Hall–Kier alpha value is -4.85. The highest BCUT2D eigenvalue weighted by molar-refractivity contribution is 6.90. The third-order valence-electron chi connectivity index (χ3n) is 15.5. The molecule has 5 aliphatic rings. The summed E-state index contributed by atoms with van der Waals surface area (Å²) in [6.07, 6.45) is 2.02. The monoisotopic (exact) mass is 956 g/mol. The van der Waals surface area contributed by atoms with Gasteiger partial charge in [-0.05, 0) is 99.6 Å². The van der Waals surface area contributed by atoms with Gasteiger partial charge in [0, 0.05) is 37.6 Å². The SMILES string of the molecule is CC[C@@H]1Oc2nc(-c3cc(OCOC)cc4ccc(F)c(C#C[Si](C(C)C)(C(C)C)C(C)C)c34)c(F)c3nc(OC[C@@]45CCCN4C[C@H](F)C5)nc(c23)N2C[C@H]3CC[C@@H]([C@@H]12)N3C(=O)OC(C)(C)C. The van der Waals surface area contributed by atoms with E-state index in [2.05, 4.69) is 62.8 Å². The number of ether oxygens (including phenoxy) is 5. The van der Waals surface area contributed by atoms with Crippen LogP contribution in [-0.2, 0) is 9.47 Å². The summed E-state index contributed by atoms with van der Waals surface area (Å²) >= 11 is 0. The highest BCUT2D eigenvalue weighted by Gasteiger charge is 2.55. The van der Waals surface area contributed by atoms with Gasteiger partial charge in [0.2, 0.25) is 5.88 Å². The normalized spacial score (nSPS) is 24.6. The molecule has 2 bridgehead atoms. The van der Waals surface area contributed by atoms with Crippen LogP contribution in [0.4, 0.5) is 23.8 Å². The minimum atomic E-state index is -2.38. The Morgan fingerprint density at radius 3 is 2.44 bits per heavy atom. The van der Waals surface area contributed by atoms with Gasteiger partial charge in [-0.15, -0.1) is 5.54 Å². The number of benzene rings is 2. The second kappa shape index (κ2) is 18.2. The molecule has 366 valence electrons. The smallest absolute Gasteiger partial charge is 0.410 e. The first kappa shape index (κ1) is 48.2. The van der Waals surface area contributed by atoms with Crippen LogP contribution in [0.25, 0.3) is 32.9 Å². The summed E-state index contributed by atoms with van der Waals surface area (Å²) < 4.78 is 80.8. The van der Waals surface area contributed by atoms with Crippen molar-refractivity contribution in [1.29, 1.82) is 0 Å². The number of methoxy groups -OCH3 is 1. The zero-order chi connectivity index (χ0) is 48.6. The van der Waals surface area contributed by atoms with Gasteiger partial charge in [0.15, 0.2) is 12.6 Å². The first-order chi connectivity index (χ1) is 32.3. The zero-order valence-electron chi connectivity index (χ0n) is 41.5. The number of nitrogens with zero attached hydrogens (tertiary/aromatic N) is 6. The van der Waals surface area contributed by atoms with Crippen molar-refractivity contribution in [1.82, 2.24) is 24.8 Å². The van der Waals surface area contributed by atoms with Crippen molar-refractivity contribution in [2.75, 3.05) is 45.0 Å². The van der Waals surface area contributed by atoms with Gasteiger partial charge in [0.25, 0.3) is 0 Å². The Labute approximate surface area is 399 Å². The van der Waals surface area contributed by atoms with Gasteiger partial charge in [0.05, 0.1) is 29.2 Å². The molecule has 7 heterocycles. The number of aromatic nitrogens is 3. The van der Waals surface area contributed by atoms with E-state index in [0.717, 1.165) is 25.8 Å². The summed E-state index contributed by atoms with van der Waals surface area (Å²) in [6, 6.07) is 5.40. The molecule has 0 radical (unpaired) electrons. The second-order valence-electron chi connectivity index (χ2n) is 21.6. The van der Waals surface area contributed by atoms with Crippen LogP contribution in [0.1, 0.15) is 113 Å². The number of amides is 1. The molecule has 0 N–H and O–H groups in total. The molecule has 2 aromatic carbocycles. The number of hydrogen-bond donors (Lipinski definition) is 0. The van der Waals surface area contributed by atoms with E-state index in [4.69, 9.17) is 38.6 Å². The molecule has 2 aromatic heterocycles. The predicted molar refractivity (Wildman–Crippen MR) is 260 cm³/mol. The van der Waals surface area contributed by atoms with Gasteiger partial charge in [-0.25, -0.2) is 22.9 Å². The van der Waals surface area contributed by atoms with Crippen LogP contribution in [0.2, 0.25) is 16.6 Å². The summed E-state index contributed by atoms with van der Waals surface area (Å²) in [6.45, 7) is 22.3. The standard InChI is InChI=1S/C52H67F3N6O6Si/c1-12-40-46-39-17-15-34(61(39)50(62)67-51(8,9)10)26-60(46)47-42-45(57-49(58-47)64-27-52-19-13-20-59(52)25-33(53)24-52)43(55)44(56-48(42)66-40)37-23-35(65-28-63-11)22-32-14-16-38(54)36(41(32)37)18-21-68(29(2)3,30(4)5)31(6)7/h14,16,22-23,29-31,33-34,39-40,46H,12-13,15,17,19-20,24-28H2,1-11H3/t33-,34-,39+,40+,46+,52+/m1/s1. The Balaban J connectivity index is 1.27. The molecule has 12 nitrogen and oxygen atoms in total. The van der Waals surface area contributed by atoms with E-state index in [0.29, 0.717) is 54.7 Å². The van der Waals surface area contributed by atoms with E-state index in [1.54, 1.807) is 18.2 Å². The Morgan fingerprint density at radius 1 is 1.00 bits per heavy atom. The third-order valence-corrected chi connectivity index (χ3v) is 21.8. The van der Waals surface area contributed by atoms with Crippen LogP contribution in [0, 0.1) is 23.1 Å². The Kier molecular flexibility index (Phi) is 12.9. The van der Waals surface area contributed by atoms with Gasteiger partial charge in [0.1, 0.15) is 66.5 Å². The third kappa shape index (κ3) is 8.21. The molecule has 0 spiro atoms. The number of anilines is 1. The minimum Gasteiger partial charge on any atom is -0.471 e. The lowest BCUT2D eigenvalue weighted by molar-refractivity contribution is -0.000597. The van der Waals surface area contributed by atoms with Crippen LogP contribution >= 0.6 is 0 Å². The fraction of sp³-hybridized carbons (Fsp3) is 0.615. The van der Waals surface area contributed by atoms with Crippen molar-refractivity contribution in [3.8, 4) is 40.4 Å². The molecule has 68 heavy (non-hydrogen) atoms. The van der Waals surface area contributed by atoms with Crippen LogP contribution in [0.15, 0.2) is 24.3 Å². The number of pyridine rings is 1. The topological polar surface area (TPSA) is 112 Å². The maximum absolute atomic E-state index is 18.3. The molecule has 1 amide bonds. The van der Waals surface area contributed by atoms with Crippen molar-refractivity contribution >= 4 is 41.7 Å². The summed E-state index contributed by atoms with van der Waals surface area (Å²) in [4.78, 5) is 35.1. The van der Waals surface area contributed by atoms with Gasteiger partial charge in [-0.1, -0.05) is 60.5 Å². The summed E-state index contributed by atoms with van der Waals surface area (Å²) in [5.74, 6) is 2.85. The molecule has 4 aromatic rings. The quantitative estimate of drug-likeness (QED) is 0.0814. The van der Waals surface area contributed by atoms with Gasteiger partial charge < -0.3 is 28.6 Å². The lowest BCUT2D eigenvalue weighted by Gasteiger charge is -2.48. The molecule has 0 unspecified atom stereocenters. The molecule has 16 heteroatoms. The predicted octanol–water partition coefficient (Wildman–Crippen LogP) is 10.8. The average Bonchev–Trinajstić information content (AvgIpc) is 3.89. The number of halogens is 3. The Morgan fingerprint density at radius 2 is 1.75 bits per heavy atom. The number of fused-ring (bicyclic) bond motifs is 7. The molecular weight excluding hydrogens is 890 g/mol. The lowest BCUT2D eigenvalue weighted by atomic mass is 9.95. The fourth-order valence-electron chi connectivity index (χ4n) is 12.6. The van der Waals surface area contributed by atoms with Crippen LogP contribution < -0.4 is 19.1 Å². The van der Waals surface area contributed by atoms with E-state index in [9.17, 15) is 9.18 Å². The first-order valence-electron chi connectivity index (χ1n) is 24.6. The number of carbonyl (C=O) groups is 1. The highest BCUT2D eigenvalue weighted by atomic mass is 28.3. The number of alkyl halides is 1. The molecule has 4 fully saturated rings. The molecule has 6 atom stereocenters. The van der Waals surface area contributed by atoms with Crippen molar-refractivity contribution in [2.24, 2.45) is 0 Å². The van der Waals surface area contributed by atoms with E-state index in [1.165, 1.54) is 13.2 Å². The van der Waals surface area contributed by atoms with Crippen molar-refractivity contribution in [2.45, 2.75) is 166 Å². The molecule has 5 aliphatic heterocycles. The van der Waals surface area contributed by atoms with E-state index in [1.807, 2.05) is 32.6 Å². The maximum Gasteiger partial charge on any atom is 0.410 e. The lowest BCUT2D eigenvalue weighted by Crippen LogP contribution is -2.65. The van der Waals surface area contributed by atoms with Crippen LogP contribution in [0.3, 0.4) is 0 Å². The molecular formula is C52H67F3N6O6Si. The van der Waals surface area contributed by atoms with Gasteiger partial charge in [-0.2, -0.15) is 9.97 Å². The molecule has 0 saturated carbocycles. The van der Waals surface area contributed by atoms with Crippen LogP contribution in [-0.4, -0.2) is 121 Å². The zero-order valence-corrected chi connectivity index (χ0v) is 42.5. The number of rotatable bonds is 11. The van der Waals surface area contributed by atoms with Crippen molar-refractivity contribution < 1.29 is 41.7 Å². The number of hydrogen-bond acceptors (Lipinski definition) is 11. The van der Waals surface area contributed by atoms with Crippen LogP contribution in [0.5, 0.6) is 17.6 Å². The van der Waals surface area contributed by atoms with Crippen molar-refractivity contribution in [3.05, 3.63) is 41.5 Å². The molecule has 9 rings (SSSR count). The summed E-state index contributed by atoms with van der Waals surface area (Å²) in [5, 5.41) is 1.20. The Bertz CT molecular complexity index is 2650. The largest absolute Gasteiger partial charge is 0.471 e. The van der Waals surface area contributed by atoms with Crippen molar-refractivity contribution in [3.63, 3.8) is 0 Å². The fourth-order valence-corrected chi connectivity index (χ4v) is 17.8. The minimum absolute atomic E-state index is 0.0642. The van der Waals surface area contributed by atoms with E-state index < -0.39 is 55.3 Å². The van der Waals surface area contributed by atoms with Gasteiger partial charge in [-0.3, -0.25) is 9.80 Å². The molecule has 0 aliphatic carbocycles. The number of carbonyl (C=O) groups excluding carboxylic acids is 1. The second-order valence-corrected chi connectivity index (χ2v) is 27.2. The van der Waals surface area contributed by atoms with Gasteiger partial charge >= 0.3 is 12.1 Å². The average molecular weight is 957 g/mol. The summed E-state index contributed by atoms with van der Waals surface area (Å²) in [7, 11) is -0.868. The molecule has 4 saturated heterocycles. The summed E-state index contributed by atoms with van der Waals surface area (Å²) in [5.41, 5.74) is 3.43. The highest BCUT2D eigenvalue weighted by Crippen LogP contribution is 2.49. The maximum atomic E-state index is 18.3. The number of piperazine rings is 1. The first-order valence-corrected chi connectivity index (χ1v) is 26.8.